The van der Waals surface area contributed by atoms with E-state index < -0.39 is 0 Å². The Bertz CT molecular complexity index is 477. The third-order valence-electron chi connectivity index (χ3n) is 2.43. The van der Waals surface area contributed by atoms with Crippen molar-refractivity contribution in [2.75, 3.05) is 12.0 Å². The first-order chi connectivity index (χ1) is 8.81. The lowest BCUT2D eigenvalue weighted by molar-refractivity contribution is 0.482. The molecule has 18 heavy (non-hydrogen) atoms. The van der Waals surface area contributed by atoms with Crippen molar-refractivity contribution >= 4 is 23.5 Å². The van der Waals surface area contributed by atoms with Gasteiger partial charge in [0.1, 0.15) is 11.5 Å². The first-order valence-electron chi connectivity index (χ1n) is 5.86. The van der Waals surface area contributed by atoms with Crippen LogP contribution in [0.25, 0.3) is 0 Å². The summed E-state index contributed by atoms with van der Waals surface area (Å²) in [7, 11) is 0. The van der Waals surface area contributed by atoms with Gasteiger partial charge in [-0.15, -0.1) is 23.5 Å². The van der Waals surface area contributed by atoms with E-state index in [0.717, 1.165) is 17.3 Å². The van der Waals surface area contributed by atoms with Gasteiger partial charge in [-0.25, -0.2) is 0 Å². The molecule has 0 fully saturated rings. The predicted molar refractivity (Wildman–Crippen MR) is 81.1 cm³/mol. The van der Waals surface area contributed by atoms with Gasteiger partial charge in [-0.3, -0.25) is 0 Å². The maximum absolute atomic E-state index is 5.79. The SMILES string of the molecule is CCSc1ccc(Oc2ccc(SC)cc2)cc1. The second kappa shape index (κ2) is 6.76. The van der Waals surface area contributed by atoms with Crippen LogP contribution in [-0.2, 0) is 0 Å². The fourth-order valence-electron chi connectivity index (χ4n) is 1.55. The molecule has 0 aromatic heterocycles. The second-order valence-corrected chi connectivity index (χ2v) is 5.90. The highest BCUT2D eigenvalue weighted by molar-refractivity contribution is 7.99. The molecule has 0 unspecified atom stereocenters. The summed E-state index contributed by atoms with van der Waals surface area (Å²) in [6.45, 7) is 2.16. The van der Waals surface area contributed by atoms with E-state index in [1.165, 1.54) is 9.79 Å². The Morgan fingerprint density at radius 2 is 1.33 bits per heavy atom. The van der Waals surface area contributed by atoms with Crippen LogP contribution in [0.3, 0.4) is 0 Å². The van der Waals surface area contributed by atoms with Gasteiger partial charge in [-0.1, -0.05) is 6.92 Å². The van der Waals surface area contributed by atoms with Crippen molar-refractivity contribution in [3.8, 4) is 11.5 Å². The van der Waals surface area contributed by atoms with Gasteiger partial charge in [0, 0.05) is 9.79 Å². The van der Waals surface area contributed by atoms with Crippen molar-refractivity contribution in [1.82, 2.24) is 0 Å². The molecule has 0 atom stereocenters. The van der Waals surface area contributed by atoms with Crippen LogP contribution in [0, 0.1) is 0 Å². The number of rotatable bonds is 5. The average molecular weight is 276 g/mol. The molecule has 0 saturated carbocycles. The molecule has 0 aliphatic carbocycles. The second-order valence-electron chi connectivity index (χ2n) is 3.68. The van der Waals surface area contributed by atoms with Crippen LogP contribution in [0.1, 0.15) is 6.92 Å². The summed E-state index contributed by atoms with van der Waals surface area (Å²) >= 11 is 3.57. The van der Waals surface area contributed by atoms with E-state index in [2.05, 4.69) is 37.4 Å². The van der Waals surface area contributed by atoms with Gasteiger partial charge < -0.3 is 4.74 Å². The maximum Gasteiger partial charge on any atom is 0.127 e. The normalized spacial score (nSPS) is 10.3. The Balaban J connectivity index is 2.03. The Kier molecular flexibility index (Phi) is 5.02. The topological polar surface area (TPSA) is 9.23 Å². The van der Waals surface area contributed by atoms with Gasteiger partial charge in [-0.05, 0) is 60.5 Å². The molecule has 94 valence electrons. The highest BCUT2D eigenvalue weighted by Gasteiger charge is 1.98. The van der Waals surface area contributed by atoms with Gasteiger partial charge in [-0.2, -0.15) is 0 Å². The van der Waals surface area contributed by atoms with Crippen molar-refractivity contribution in [2.24, 2.45) is 0 Å². The van der Waals surface area contributed by atoms with Crippen LogP contribution in [-0.4, -0.2) is 12.0 Å². The quantitative estimate of drug-likeness (QED) is 0.685. The van der Waals surface area contributed by atoms with E-state index in [-0.39, 0.29) is 0 Å². The Hall–Kier alpha value is -1.06. The minimum atomic E-state index is 0.878. The number of hydrogen-bond donors (Lipinski definition) is 0. The lowest BCUT2D eigenvalue weighted by Gasteiger charge is -2.07. The third-order valence-corrected chi connectivity index (χ3v) is 4.07. The maximum atomic E-state index is 5.79. The van der Waals surface area contributed by atoms with Crippen LogP contribution in [0.4, 0.5) is 0 Å². The fraction of sp³-hybridized carbons (Fsp3) is 0.200. The van der Waals surface area contributed by atoms with Crippen LogP contribution in [0.2, 0.25) is 0 Å². The zero-order valence-corrected chi connectivity index (χ0v) is 12.2. The van der Waals surface area contributed by atoms with Crippen molar-refractivity contribution in [1.29, 1.82) is 0 Å². The van der Waals surface area contributed by atoms with Crippen molar-refractivity contribution in [3.05, 3.63) is 48.5 Å². The molecule has 0 saturated heterocycles. The largest absolute Gasteiger partial charge is 0.457 e. The van der Waals surface area contributed by atoms with Gasteiger partial charge >= 0.3 is 0 Å². The molecule has 0 spiro atoms. The number of benzene rings is 2. The van der Waals surface area contributed by atoms with E-state index in [9.17, 15) is 0 Å². The minimum Gasteiger partial charge on any atom is -0.457 e. The summed E-state index contributed by atoms with van der Waals surface area (Å²) in [4.78, 5) is 2.53. The van der Waals surface area contributed by atoms with E-state index in [4.69, 9.17) is 4.74 Å². The van der Waals surface area contributed by atoms with Crippen molar-refractivity contribution < 1.29 is 4.74 Å². The molecule has 2 aromatic rings. The third kappa shape index (κ3) is 3.72. The zero-order chi connectivity index (χ0) is 12.8. The molecule has 2 rings (SSSR count). The zero-order valence-electron chi connectivity index (χ0n) is 10.6. The standard InChI is InChI=1S/C15H16OS2/c1-3-18-15-10-6-13(7-11-15)16-12-4-8-14(17-2)9-5-12/h4-11H,3H2,1-2H3. The highest BCUT2D eigenvalue weighted by atomic mass is 32.2. The lowest BCUT2D eigenvalue weighted by atomic mass is 10.3. The van der Waals surface area contributed by atoms with Crippen LogP contribution in [0.15, 0.2) is 58.3 Å². The van der Waals surface area contributed by atoms with Crippen LogP contribution >= 0.6 is 23.5 Å². The molecule has 0 bridgehead atoms. The van der Waals surface area contributed by atoms with E-state index in [1.54, 1.807) is 11.8 Å². The molecule has 0 amide bonds. The summed E-state index contributed by atoms with van der Waals surface area (Å²) < 4.78 is 5.79. The first-order valence-corrected chi connectivity index (χ1v) is 8.07. The fourth-order valence-corrected chi connectivity index (χ4v) is 2.62. The van der Waals surface area contributed by atoms with E-state index in [1.807, 2.05) is 36.0 Å². The summed E-state index contributed by atoms with van der Waals surface area (Å²) in [5, 5.41) is 0. The molecule has 2 aromatic carbocycles. The molecule has 3 heteroatoms. The summed E-state index contributed by atoms with van der Waals surface area (Å²) in [6.07, 6.45) is 2.07. The van der Waals surface area contributed by atoms with Gasteiger partial charge in [0.2, 0.25) is 0 Å². The average Bonchev–Trinajstić information content (AvgIpc) is 2.42. The first kappa shape index (κ1) is 13.4. The molecule has 0 N–H and O–H groups in total. The monoisotopic (exact) mass is 276 g/mol. The Morgan fingerprint density at radius 1 is 0.833 bits per heavy atom. The highest BCUT2D eigenvalue weighted by Crippen LogP contribution is 2.26. The Morgan fingerprint density at radius 3 is 1.78 bits per heavy atom. The molecule has 0 heterocycles. The van der Waals surface area contributed by atoms with Gasteiger partial charge in [0.25, 0.3) is 0 Å². The lowest BCUT2D eigenvalue weighted by Crippen LogP contribution is -1.84. The smallest absolute Gasteiger partial charge is 0.127 e. The van der Waals surface area contributed by atoms with E-state index in [0.29, 0.717) is 0 Å². The summed E-state index contributed by atoms with van der Waals surface area (Å²) in [5.41, 5.74) is 0. The molecule has 0 aliphatic rings. The van der Waals surface area contributed by atoms with E-state index >= 15 is 0 Å². The van der Waals surface area contributed by atoms with Crippen molar-refractivity contribution in [3.63, 3.8) is 0 Å². The number of ether oxygens (including phenoxy) is 1. The molecular weight excluding hydrogens is 260 g/mol. The van der Waals surface area contributed by atoms with Crippen LogP contribution < -0.4 is 4.74 Å². The van der Waals surface area contributed by atoms with Crippen molar-refractivity contribution in [2.45, 2.75) is 16.7 Å². The molecule has 0 radical (unpaired) electrons. The Labute approximate surface area is 117 Å². The molecule has 1 nitrogen and oxygen atoms in total. The number of thioether (sulfide) groups is 2. The summed E-state index contributed by atoms with van der Waals surface area (Å²) in [5.74, 6) is 2.85. The van der Waals surface area contributed by atoms with Gasteiger partial charge in [0.15, 0.2) is 0 Å². The molecule has 0 aliphatic heterocycles. The number of hydrogen-bond acceptors (Lipinski definition) is 3. The van der Waals surface area contributed by atoms with Crippen LogP contribution in [0.5, 0.6) is 11.5 Å². The van der Waals surface area contributed by atoms with Gasteiger partial charge in [0.05, 0.1) is 0 Å². The molecular formula is C15H16OS2. The minimum absolute atomic E-state index is 0.878. The summed E-state index contributed by atoms with van der Waals surface area (Å²) in [6, 6.07) is 16.4. The predicted octanol–water partition coefficient (Wildman–Crippen LogP) is 5.31.